The fourth-order valence-electron chi connectivity index (χ4n) is 2.68. The first-order valence-corrected chi connectivity index (χ1v) is 8.06. The predicted octanol–water partition coefficient (Wildman–Crippen LogP) is 3.46. The summed E-state index contributed by atoms with van der Waals surface area (Å²) in [7, 11) is 0. The number of hydrogen-bond donors (Lipinski definition) is 1. The molecule has 2 atom stereocenters. The van der Waals surface area contributed by atoms with E-state index in [0.717, 1.165) is 6.42 Å². The van der Waals surface area contributed by atoms with Crippen molar-refractivity contribution in [1.29, 1.82) is 0 Å². The molecule has 1 N–H and O–H groups in total. The topological polar surface area (TPSA) is 32.3 Å². The second-order valence-electron chi connectivity index (χ2n) is 5.38. The van der Waals surface area contributed by atoms with Gasteiger partial charge in [0.2, 0.25) is 5.91 Å². The minimum atomic E-state index is 0.0860. The van der Waals surface area contributed by atoms with Crippen molar-refractivity contribution >= 4 is 17.2 Å². The van der Waals surface area contributed by atoms with Crippen LogP contribution in [0.3, 0.4) is 0 Å². The van der Waals surface area contributed by atoms with Gasteiger partial charge in [-0.05, 0) is 32.4 Å². The minimum absolute atomic E-state index is 0.0860. The zero-order chi connectivity index (χ0) is 13.8. The van der Waals surface area contributed by atoms with Gasteiger partial charge in [-0.3, -0.25) is 10.1 Å². The van der Waals surface area contributed by atoms with Crippen LogP contribution in [0.1, 0.15) is 55.5 Å². The molecule has 0 spiro atoms. The molecule has 1 aliphatic rings. The van der Waals surface area contributed by atoms with Crippen molar-refractivity contribution in [1.82, 2.24) is 10.2 Å². The van der Waals surface area contributed by atoms with Gasteiger partial charge in [-0.1, -0.05) is 26.2 Å². The molecular weight excluding hydrogens is 256 g/mol. The lowest BCUT2D eigenvalue weighted by atomic mass is 10.1. The molecule has 1 aromatic heterocycles. The van der Waals surface area contributed by atoms with Gasteiger partial charge < -0.3 is 4.90 Å². The molecule has 4 heteroatoms. The second kappa shape index (κ2) is 6.53. The Balaban J connectivity index is 2.04. The quantitative estimate of drug-likeness (QED) is 0.809. The number of carbonyl (C=O) groups excluding carboxylic acids is 1. The largest absolute Gasteiger partial charge is 0.318 e. The van der Waals surface area contributed by atoms with Gasteiger partial charge in [0.1, 0.15) is 6.17 Å². The van der Waals surface area contributed by atoms with Crippen molar-refractivity contribution in [3.05, 3.63) is 21.9 Å². The summed E-state index contributed by atoms with van der Waals surface area (Å²) in [6.07, 6.45) is 4.87. The maximum absolute atomic E-state index is 12.1. The molecule has 2 unspecified atom stereocenters. The monoisotopic (exact) mass is 280 g/mol. The van der Waals surface area contributed by atoms with E-state index in [1.165, 1.54) is 29.0 Å². The Morgan fingerprint density at radius 2 is 2.26 bits per heavy atom. The van der Waals surface area contributed by atoms with Gasteiger partial charge >= 0.3 is 0 Å². The highest BCUT2D eigenvalue weighted by Gasteiger charge is 2.35. The number of unbranched alkanes of at least 4 members (excludes halogenated alkanes) is 2. The van der Waals surface area contributed by atoms with Crippen molar-refractivity contribution in [2.75, 3.05) is 6.54 Å². The average Bonchev–Trinajstić information content (AvgIpc) is 2.95. The molecule has 3 nitrogen and oxygen atoms in total. The van der Waals surface area contributed by atoms with Crippen LogP contribution in [-0.2, 0) is 4.79 Å². The van der Waals surface area contributed by atoms with E-state index in [-0.39, 0.29) is 12.1 Å². The second-order valence-corrected chi connectivity index (χ2v) is 6.70. The molecule has 106 valence electrons. The van der Waals surface area contributed by atoms with Crippen LogP contribution in [0, 0.1) is 6.92 Å². The molecule has 0 bridgehead atoms. The van der Waals surface area contributed by atoms with Gasteiger partial charge in [0, 0.05) is 15.8 Å². The number of aryl methyl sites for hydroxylation is 1. The van der Waals surface area contributed by atoms with Crippen LogP contribution in [0.4, 0.5) is 0 Å². The van der Waals surface area contributed by atoms with E-state index in [2.05, 4.69) is 38.2 Å². The molecule has 2 rings (SSSR count). The van der Waals surface area contributed by atoms with Crippen molar-refractivity contribution in [2.24, 2.45) is 0 Å². The van der Waals surface area contributed by atoms with E-state index < -0.39 is 0 Å². The summed E-state index contributed by atoms with van der Waals surface area (Å²) < 4.78 is 0. The predicted molar refractivity (Wildman–Crippen MR) is 80.2 cm³/mol. The standard InChI is InChI=1S/C15H24N2OS/c1-4-5-6-7-11(2)17-14(18)10-16-15(17)13-9-8-12(3)19-13/h8-9,11,15-16H,4-7,10H2,1-3H3. The highest BCUT2D eigenvalue weighted by atomic mass is 32.1. The van der Waals surface area contributed by atoms with Crippen LogP contribution in [-0.4, -0.2) is 23.4 Å². The van der Waals surface area contributed by atoms with Crippen LogP contribution in [0.5, 0.6) is 0 Å². The molecular formula is C15H24N2OS. The van der Waals surface area contributed by atoms with Crippen LogP contribution in [0.25, 0.3) is 0 Å². The molecule has 0 saturated carbocycles. The Labute approximate surface area is 120 Å². The minimum Gasteiger partial charge on any atom is -0.318 e. The third-order valence-corrected chi connectivity index (χ3v) is 4.80. The molecule has 0 aromatic carbocycles. The molecule has 1 aliphatic heterocycles. The van der Waals surface area contributed by atoms with Crippen LogP contribution in [0.2, 0.25) is 0 Å². The Kier molecular flexibility index (Phi) is 4.99. The number of hydrogen-bond acceptors (Lipinski definition) is 3. The molecule has 1 saturated heterocycles. The molecule has 19 heavy (non-hydrogen) atoms. The van der Waals surface area contributed by atoms with Crippen molar-refractivity contribution in [3.63, 3.8) is 0 Å². The van der Waals surface area contributed by atoms with Crippen molar-refractivity contribution in [3.8, 4) is 0 Å². The third-order valence-electron chi connectivity index (χ3n) is 3.74. The lowest BCUT2D eigenvalue weighted by Gasteiger charge is -2.30. The molecule has 2 heterocycles. The van der Waals surface area contributed by atoms with E-state index in [9.17, 15) is 4.79 Å². The molecule has 1 aromatic rings. The van der Waals surface area contributed by atoms with Crippen LogP contribution < -0.4 is 5.32 Å². The maximum Gasteiger partial charge on any atom is 0.238 e. The van der Waals surface area contributed by atoms with Crippen molar-refractivity contribution < 1.29 is 4.79 Å². The highest BCUT2D eigenvalue weighted by molar-refractivity contribution is 7.12. The fourth-order valence-corrected chi connectivity index (χ4v) is 3.64. The highest BCUT2D eigenvalue weighted by Crippen LogP contribution is 2.31. The van der Waals surface area contributed by atoms with Gasteiger partial charge in [-0.2, -0.15) is 0 Å². The Morgan fingerprint density at radius 1 is 1.47 bits per heavy atom. The van der Waals surface area contributed by atoms with E-state index in [1.54, 1.807) is 11.3 Å². The van der Waals surface area contributed by atoms with E-state index >= 15 is 0 Å². The van der Waals surface area contributed by atoms with Crippen molar-refractivity contribution in [2.45, 2.75) is 58.7 Å². The average molecular weight is 280 g/mol. The number of nitrogens with zero attached hydrogens (tertiary/aromatic N) is 1. The number of carbonyl (C=O) groups is 1. The maximum atomic E-state index is 12.1. The number of thiophene rings is 1. The smallest absolute Gasteiger partial charge is 0.238 e. The first-order chi connectivity index (χ1) is 9.13. The van der Waals surface area contributed by atoms with Gasteiger partial charge in [0.05, 0.1) is 6.54 Å². The summed E-state index contributed by atoms with van der Waals surface area (Å²) in [5.41, 5.74) is 0. The van der Waals surface area contributed by atoms with E-state index in [0.29, 0.717) is 12.6 Å². The Morgan fingerprint density at radius 3 is 2.89 bits per heavy atom. The fraction of sp³-hybridized carbons (Fsp3) is 0.667. The first kappa shape index (κ1) is 14.5. The third kappa shape index (κ3) is 3.37. The number of amides is 1. The molecule has 0 radical (unpaired) electrons. The molecule has 0 aliphatic carbocycles. The lowest BCUT2D eigenvalue weighted by molar-refractivity contribution is -0.130. The summed E-state index contributed by atoms with van der Waals surface area (Å²) in [5, 5.41) is 3.34. The Bertz CT molecular complexity index is 430. The molecule has 1 amide bonds. The zero-order valence-corrected chi connectivity index (χ0v) is 12.9. The SMILES string of the molecule is CCCCCC(C)N1C(=O)CNC1c1ccc(C)s1. The van der Waals surface area contributed by atoms with Crippen LogP contribution >= 0.6 is 11.3 Å². The Hall–Kier alpha value is -0.870. The summed E-state index contributed by atoms with van der Waals surface area (Å²) in [6.45, 7) is 6.97. The zero-order valence-electron chi connectivity index (χ0n) is 12.1. The summed E-state index contributed by atoms with van der Waals surface area (Å²) in [5.74, 6) is 0.236. The summed E-state index contributed by atoms with van der Waals surface area (Å²) in [6, 6.07) is 4.59. The van der Waals surface area contributed by atoms with E-state index in [1.807, 2.05) is 4.90 Å². The van der Waals surface area contributed by atoms with Crippen LogP contribution in [0.15, 0.2) is 12.1 Å². The van der Waals surface area contributed by atoms with Gasteiger partial charge in [-0.25, -0.2) is 0 Å². The van der Waals surface area contributed by atoms with E-state index in [4.69, 9.17) is 0 Å². The van der Waals surface area contributed by atoms with Gasteiger partial charge in [-0.15, -0.1) is 11.3 Å². The normalized spacial score (nSPS) is 21.1. The summed E-state index contributed by atoms with van der Waals surface area (Å²) in [4.78, 5) is 16.7. The first-order valence-electron chi connectivity index (χ1n) is 7.24. The summed E-state index contributed by atoms with van der Waals surface area (Å²) >= 11 is 1.78. The number of rotatable bonds is 6. The van der Waals surface area contributed by atoms with Gasteiger partial charge in [0.25, 0.3) is 0 Å². The molecule has 1 fully saturated rings. The lowest BCUT2D eigenvalue weighted by Crippen LogP contribution is -2.37. The number of nitrogens with one attached hydrogen (secondary N) is 1. The van der Waals surface area contributed by atoms with Gasteiger partial charge in [0.15, 0.2) is 0 Å².